The van der Waals surface area contributed by atoms with Crippen LogP contribution in [0.1, 0.15) is 24.0 Å². The molecule has 158 valence electrons. The third-order valence-electron chi connectivity index (χ3n) is 6.47. The molecular weight excluding hydrogens is 402 g/mol. The predicted molar refractivity (Wildman–Crippen MR) is 136 cm³/mol. The molecule has 0 aliphatic carbocycles. The van der Waals surface area contributed by atoms with Gasteiger partial charge in [-0.2, -0.15) is 0 Å². The Hall–Kier alpha value is -4.17. The van der Waals surface area contributed by atoms with Crippen molar-refractivity contribution < 1.29 is 4.42 Å². The van der Waals surface area contributed by atoms with Crippen molar-refractivity contribution in [1.82, 2.24) is 4.98 Å². The second-order valence-corrected chi connectivity index (χ2v) is 8.44. The van der Waals surface area contributed by atoms with Gasteiger partial charge >= 0.3 is 0 Å². The highest BCUT2D eigenvalue weighted by Crippen LogP contribution is 2.39. The molecule has 0 bridgehead atoms. The Balaban J connectivity index is 1.52. The average Bonchev–Trinajstić information content (AvgIpc) is 3.28. The monoisotopic (exact) mass is 425 g/mol. The topological polar surface area (TPSA) is 26.0 Å². The Morgan fingerprint density at radius 3 is 1.97 bits per heavy atom. The molecule has 0 aliphatic heterocycles. The van der Waals surface area contributed by atoms with Crippen LogP contribution in [0.25, 0.3) is 44.3 Å². The van der Waals surface area contributed by atoms with Crippen molar-refractivity contribution in [1.29, 1.82) is 0 Å². The van der Waals surface area contributed by atoms with Crippen molar-refractivity contribution in [2.24, 2.45) is 0 Å². The number of rotatable bonds is 4. The third kappa shape index (κ3) is 3.41. The minimum atomic E-state index is 0.285. The summed E-state index contributed by atoms with van der Waals surface area (Å²) in [5.74, 6) is 0.285. The Labute approximate surface area is 193 Å². The fraction of sp³-hybridized carbons (Fsp3) is 0.0645. The van der Waals surface area contributed by atoms with Crippen LogP contribution in [0.5, 0.6) is 0 Å². The van der Waals surface area contributed by atoms with E-state index in [2.05, 4.69) is 110 Å². The number of hydrogen-bond donors (Lipinski definition) is 0. The summed E-state index contributed by atoms with van der Waals surface area (Å²) in [6.07, 6.45) is 1.90. The molecule has 2 aromatic heterocycles. The molecule has 33 heavy (non-hydrogen) atoms. The van der Waals surface area contributed by atoms with Gasteiger partial charge in [-0.15, -0.1) is 0 Å². The summed E-state index contributed by atoms with van der Waals surface area (Å²) in [5.41, 5.74) is 8.54. The molecule has 2 nitrogen and oxygen atoms in total. The van der Waals surface area contributed by atoms with Crippen LogP contribution in [0, 0.1) is 0 Å². The number of para-hydroxylation sites is 2. The minimum absolute atomic E-state index is 0.285. The maximum Gasteiger partial charge on any atom is 0.144 e. The zero-order chi connectivity index (χ0) is 22.2. The highest BCUT2D eigenvalue weighted by molar-refractivity contribution is 6.12. The first-order chi connectivity index (χ1) is 16.3. The first-order valence-electron chi connectivity index (χ1n) is 11.3. The maximum absolute atomic E-state index is 6.57. The Morgan fingerprint density at radius 1 is 0.606 bits per heavy atom. The molecule has 6 aromatic rings. The lowest BCUT2D eigenvalue weighted by atomic mass is 9.92. The number of fused-ring (bicyclic) bond motifs is 3. The second-order valence-electron chi connectivity index (χ2n) is 8.44. The van der Waals surface area contributed by atoms with E-state index in [-0.39, 0.29) is 5.92 Å². The van der Waals surface area contributed by atoms with Gasteiger partial charge in [0, 0.05) is 34.0 Å². The number of benzene rings is 4. The van der Waals surface area contributed by atoms with Crippen LogP contribution in [0.2, 0.25) is 0 Å². The van der Waals surface area contributed by atoms with E-state index < -0.39 is 0 Å². The van der Waals surface area contributed by atoms with Gasteiger partial charge in [-0.25, -0.2) is 0 Å². The molecule has 0 saturated carbocycles. The van der Waals surface area contributed by atoms with E-state index in [1.165, 1.54) is 11.1 Å². The minimum Gasteiger partial charge on any atom is -0.455 e. The van der Waals surface area contributed by atoms with Crippen LogP contribution in [0.3, 0.4) is 0 Å². The van der Waals surface area contributed by atoms with Gasteiger partial charge in [0.1, 0.15) is 11.2 Å². The zero-order valence-corrected chi connectivity index (χ0v) is 18.4. The molecular formula is C31H23NO. The van der Waals surface area contributed by atoms with Crippen molar-refractivity contribution in [3.63, 3.8) is 0 Å². The summed E-state index contributed by atoms with van der Waals surface area (Å²) in [7, 11) is 0. The Morgan fingerprint density at radius 2 is 1.24 bits per heavy atom. The number of furan rings is 1. The molecule has 0 radical (unpaired) electrons. The van der Waals surface area contributed by atoms with Crippen molar-refractivity contribution >= 4 is 21.9 Å². The van der Waals surface area contributed by atoms with Gasteiger partial charge in [0.25, 0.3) is 0 Å². The standard InChI is InChI=1S/C31H23NO/c1-21(22-10-4-2-5-11-22)24-18-19-32-29(20-24)28-17-9-16-27-26-15-8-14-25(30(26)33-31(27)28)23-12-6-3-7-13-23/h2-21H,1H3. The summed E-state index contributed by atoms with van der Waals surface area (Å²) >= 11 is 0. The molecule has 0 N–H and O–H groups in total. The first-order valence-corrected chi connectivity index (χ1v) is 11.3. The highest BCUT2D eigenvalue weighted by Gasteiger charge is 2.17. The molecule has 1 unspecified atom stereocenters. The van der Waals surface area contributed by atoms with Crippen molar-refractivity contribution in [2.75, 3.05) is 0 Å². The van der Waals surface area contributed by atoms with Gasteiger partial charge < -0.3 is 4.42 Å². The fourth-order valence-corrected chi connectivity index (χ4v) is 4.66. The van der Waals surface area contributed by atoms with Gasteiger partial charge in [-0.05, 0) is 34.9 Å². The smallest absolute Gasteiger partial charge is 0.144 e. The number of nitrogens with zero attached hydrogens (tertiary/aromatic N) is 1. The van der Waals surface area contributed by atoms with Crippen LogP contribution in [0.4, 0.5) is 0 Å². The van der Waals surface area contributed by atoms with Gasteiger partial charge in [0.05, 0.1) is 5.69 Å². The van der Waals surface area contributed by atoms with Gasteiger partial charge in [-0.1, -0.05) is 97.9 Å². The van der Waals surface area contributed by atoms with Crippen LogP contribution >= 0.6 is 0 Å². The summed E-state index contributed by atoms with van der Waals surface area (Å²) in [6.45, 7) is 2.24. The van der Waals surface area contributed by atoms with Gasteiger partial charge in [0.15, 0.2) is 0 Å². The SMILES string of the molecule is CC(c1ccccc1)c1ccnc(-c2cccc3c2oc2c(-c4ccccc4)cccc23)c1. The molecule has 1 atom stereocenters. The Kier molecular flexibility index (Phi) is 4.77. The van der Waals surface area contributed by atoms with E-state index in [1.54, 1.807) is 0 Å². The van der Waals surface area contributed by atoms with Crippen LogP contribution < -0.4 is 0 Å². The maximum atomic E-state index is 6.57. The summed E-state index contributed by atoms with van der Waals surface area (Å²) in [4.78, 5) is 4.73. The Bertz CT molecular complexity index is 1570. The summed E-state index contributed by atoms with van der Waals surface area (Å²) in [6, 6.07) is 38.0. The lowest BCUT2D eigenvalue weighted by Crippen LogP contribution is -1.97. The number of aromatic nitrogens is 1. The van der Waals surface area contributed by atoms with E-state index in [0.717, 1.165) is 44.3 Å². The van der Waals surface area contributed by atoms with Gasteiger partial charge in [-0.3, -0.25) is 4.98 Å². The fourth-order valence-electron chi connectivity index (χ4n) is 4.66. The lowest BCUT2D eigenvalue weighted by Gasteiger charge is -2.13. The zero-order valence-electron chi connectivity index (χ0n) is 18.4. The van der Waals surface area contributed by atoms with Crippen LogP contribution in [-0.4, -0.2) is 4.98 Å². The van der Waals surface area contributed by atoms with Gasteiger partial charge in [0.2, 0.25) is 0 Å². The van der Waals surface area contributed by atoms with Crippen molar-refractivity contribution in [3.8, 4) is 22.4 Å². The molecule has 0 amide bonds. The normalized spacial score (nSPS) is 12.3. The average molecular weight is 426 g/mol. The molecule has 2 heterocycles. The van der Waals surface area contributed by atoms with Crippen molar-refractivity contribution in [3.05, 3.63) is 127 Å². The quantitative estimate of drug-likeness (QED) is 0.283. The van der Waals surface area contributed by atoms with E-state index in [1.807, 2.05) is 12.3 Å². The first kappa shape index (κ1) is 19.5. The number of hydrogen-bond acceptors (Lipinski definition) is 2. The van der Waals surface area contributed by atoms with E-state index >= 15 is 0 Å². The molecule has 0 aliphatic rings. The molecule has 0 fully saturated rings. The molecule has 6 rings (SSSR count). The van der Waals surface area contributed by atoms with E-state index in [4.69, 9.17) is 9.40 Å². The molecule has 0 spiro atoms. The molecule has 0 saturated heterocycles. The third-order valence-corrected chi connectivity index (χ3v) is 6.47. The second kappa shape index (κ2) is 8.07. The lowest BCUT2D eigenvalue weighted by molar-refractivity contribution is 0.671. The highest BCUT2D eigenvalue weighted by atomic mass is 16.3. The van der Waals surface area contributed by atoms with Crippen LogP contribution in [0.15, 0.2) is 120 Å². The molecule has 2 heteroatoms. The predicted octanol–water partition coefficient (Wildman–Crippen LogP) is 8.47. The van der Waals surface area contributed by atoms with E-state index in [9.17, 15) is 0 Å². The summed E-state index contributed by atoms with van der Waals surface area (Å²) < 4.78 is 6.57. The van der Waals surface area contributed by atoms with Crippen molar-refractivity contribution in [2.45, 2.75) is 12.8 Å². The summed E-state index contributed by atoms with van der Waals surface area (Å²) in [5, 5.41) is 2.24. The van der Waals surface area contributed by atoms with Crippen LogP contribution in [-0.2, 0) is 0 Å². The number of pyridine rings is 1. The van der Waals surface area contributed by atoms with E-state index in [0.29, 0.717) is 0 Å². The largest absolute Gasteiger partial charge is 0.455 e. The molecule has 4 aromatic carbocycles.